The highest BCUT2D eigenvalue weighted by Crippen LogP contribution is 2.25. The van der Waals surface area contributed by atoms with Crippen LogP contribution in [0, 0.1) is 6.92 Å². The predicted molar refractivity (Wildman–Crippen MR) is 65.1 cm³/mol. The van der Waals surface area contributed by atoms with E-state index in [1.165, 1.54) is 0 Å². The first-order valence-electron chi connectivity index (χ1n) is 5.73. The molecule has 2 atom stereocenters. The molecule has 1 aliphatic rings. The van der Waals surface area contributed by atoms with Gasteiger partial charge in [0.15, 0.2) is 0 Å². The van der Waals surface area contributed by atoms with E-state index in [4.69, 9.17) is 9.92 Å². The van der Waals surface area contributed by atoms with Crippen LogP contribution in [0.4, 0.5) is 0 Å². The van der Waals surface area contributed by atoms with E-state index in [1.54, 1.807) is 24.3 Å². The summed E-state index contributed by atoms with van der Waals surface area (Å²) in [4.78, 5) is 0.212. The molecule has 1 fully saturated rings. The molecule has 4 nitrogen and oxygen atoms in total. The fraction of sp³-hybridized carbons (Fsp3) is 0.500. The molecule has 17 heavy (non-hydrogen) atoms. The van der Waals surface area contributed by atoms with Crippen molar-refractivity contribution in [3.8, 4) is 0 Å². The maximum Gasteiger partial charge on any atom is 0.297 e. The molecular weight excluding hydrogens is 238 g/mol. The summed E-state index contributed by atoms with van der Waals surface area (Å²) in [6.45, 7) is 1.91. The van der Waals surface area contributed by atoms with Crippen molar-refractivity contribution < 1.29 is 12.6 Å². The molecule has 0 saturated heterocycles. The normalized spacial score (nSPS) is 25.1. The zero-order chi connectivity index (χ0) is 12.5. The SMILES string of the molecule is Cc1ccc(S(=O)(=O)OC2CCC(N)C2)cc1. The average Bonchev–Trinajstić information content (AvgIpc) is 2.63. The van der Waals surface area contributed by atoms with Gasteiger partial charge in [-0.2, -0.15) is 8.42 Å². The Balaban J connectivity index is 2.11. The van der Waals surface area contributed by atoms with Crippen molar-refractivity contribution in [3.63, 3.8) is 0 Å². The van der Waals surface area contributed by atoms with Crippen molar-refractivity contribution in [1.29, 1.82) is 0 Å². The van der Waals surface area contributed by atoms with Gasteiger partial charge in [-0.25, -0.2) is 0 Å². The van der Waals surface area contributed by atoms with E-state index in [0.29, 0.717) is 12.8 Å². The van der Waals surface area contributed by atoms with Gasteiger partial charge in [-0.1, -0.05) is 17.7 Å². The molecule has 0 amide bonds. The molecule has 2 unspecified atom stereocenters. The van der Waals surface area contributed by atoms with E-state index in [2.05, 4.69) is 0 Å². The second kappa shape index (κ2) is 4.76. The standard InChI is InChI=1S/C12H17NO3S/c1-9-2-6-12(7-3-9)17(14,15)16-11-5-4-10(13)8-11/h2-3,6-7,10-11H,4-5,8,13H2,1H3. The van der Waals surface area contributed by atoms with E-state index in [9.17, 15) is 8.42 Å². The van der Waals surface area contributed by atoms with Crippen LogP contribution in [0.3, 0.4) is 0 Å². The van der Waals surface area contributed by atoms with Crippen LogP contribution in [-0.2, 0) is 14.3 Å². The van der Waals surface area contributed by atoms with Gasteiger partial charge in [-0.15, -0.1) is 0 Å². The third-order valence-corrected chi connectivity index (χ3v) is 4.37. The Morgan fingerprint density at radius 3 is 2.41 bits per heavy atom. The Labute approximate surface area is 102 Å². The first kappa shape index (κ1) is 12.5. The van der Waals surface area contributed by atoms with Gasteiger partial charge >= 0.3 is 0 Å². The topological polar surface area (TPSA) is 69.4 Å². The van der Waals surface area contributed by atoms with Crippen molar-refractivity contribution in [3.05, 3.63) is 29.8 Å². The van der Waals surface area contributed by atoms with Gasteiger partial charge in [0.25, 0.3) is 10.1 Å². The Kier molecular flexibility index (Phi) is 3.51. The minimum Gasteiger partial charge on any atom is -0.328 e. The molecule has 2 N–H and O–H groups in total. The molecular formula is C12H17NO3S. The maximum atomic E-state index is 11.9. The summed E-state index contributed by atoms with van der Waals surface area (Å²) in [6, 6.07) is 6.72. The van der Waals surface area contributed by atoms with Crippen LogP contribution in [0.5, 0.6) is 0 Å². The lowest BCUT2D eigenvalue weighted by atomic mass is 10.2. The average molecular weight is 255 g/mol. The first-order chi connectivity index (χ1) is 7.97. The molecule has 2 rings (SSSR count). The quantitative estimate of drug-likeness (QED) is 0.833. The monoisotopic (exact) mass is 255 g/mol. The van der Waals surface area contributed by atoms with Crippen LogP contribution >= 0.6 is 0 Å². The lowest BCUT2D eigenvalue weighted by Crippen LogP contribution is -2.20. The molecule has 0 aromatic heterocycles. The third kappa shape index (κ3) is 3.06. The zero-order valence-corrected chi connectivity index (χ0v) is 10.6. The second-order valence-corrected chi connectivity index (χ2v) is 6.13. The fourth-order valence-corrected chi connectivity index (χ4v) is 3.11. The molecule has 0 heterocycles. The lowest BCUT2D eigenvalue weighted by Gasteiger charge is -2.11. The summed E-state index contributed by atoms with van der Waals surface area (Å²) in [7, 11) is -3.64. The smallest absolute Gasteiger partial charge is 0.297 e. The highest BCUT2D eigenvalue weighted by Gasteiger charge is 2.28. The fourth-order valence-electron chi connectivity index (χ4n) is 2.00. The van der Waals surface area contributed by atoms with Crippen LogP contribution in [-0.4, -0.2) is 20.6 Å². The molecule has 5 heteroatoms. The summed E-state index contributed by atoms with van der Waals surface area (Å²) in [5.74, 6) is 0. The van der Waals surface area contributed by atoms with E-state index >= 15 is 0 Å². The number of nitrogens with two attached hydrogens (primary N) is 1. The molecule has 1 saturated carbocycles. The number of hydrogen-bond donors (Lipinski definition) is 1. The third-order valence-electron chi connectivity index (χ3n) is 3.00. The molecule has 0 spiro atoms. The van der Waals surface area contributed by atoms with E-state index in [1.807, 2.05) is 6.92 Å². The molecule has 1 aromatic rings. The number of hydrogen-bond acceptors (Lipinski definition) is 4. The summed E-state index contributed by atoms with van der Waals surface area (Å²) < 4.78 is 29.1. The van der Waals surface area contributed by atoms with Crippen molar-refractivity contribution in [2.24, 2.45) is 5.73 Å². The number of benzene rings is 1. The van der Waals surface area contributed by atoms with E-state index < -0.39 is 10.1 Å². The highest BCUT2D eigenvalue weighted by molar-refractivity contribution is 7.86. The molecule has 0 aliphatic heterocycles. The van der Waals surface area contributed by atoms with Crippen LogP contribution in [0.15, 0.2) is 29.2 Å². The van der Waals surface area contributed by atoms with Crippen molar-refractivity contribution >= 4 is 10.1 Å². The van der Waals surface area contributed by atoms with Gasteiger partial charge in [0.2, 0.25) is 0 Å². The minimum absolute atomic E-state index is 0.0632. The van der Waals surface area contributed by atoms with E-state index in [-0.39, 0.29) is 17.0 Å². The Morgan fingerprint density at radius 1 is 1.24 bits per heavy atom. The van der Waals surface area contributed by atoms with Crippen LogP contribution < -0.4 is 5.73 Å². The summed E-state index contributed by atoms with van der Waals surface area (Å²) in [6.07, 6.45) is 1.89. The van der Waals surface area contributed by atoms with Gasteiger partial charge in [0.05, 0.1) is 11.0 Å². The predicted octanol–water partition coefficient (Wildman–Crippen LogP) is 1.58. The lowest BCUT2D eigenvalue weighted by molar-refractivity contribution is 0.215. The van der Waals surface area contributed by atoms with Crippen molar-refractivity contribution in [1.82, 2.24) is 0 Å². The highest BCUT2D eigenvalue weighted by atomic mass is 32.2. The maximum absolute atomic E-state index is 11.9. The molecule has 1 aromatic carbocycles. The van der Waals surface area contributed by atoms with Gasteiger partial charge in [0.1, 0.15) is 0 Å². The van der Waals surface area contributed by atoms with Gasteiger partial charge < -0.3 is 5.73 Å². The first-order valence-corrected chi connectivity index (χ1v) is 7.14. The molecule has 0 bridgehead atoms. The summed E-state index contributed by atoms with van der Waals surface area (Å²) in [5, 5.41) is 0. The van der Waals surface area contributed by atoms with E-state index in [0.717, 1.165) is 12.0 Å². The van der Waals surface area contributed by atoms with Crippen molar-refractivity contribution in [2.75, 3.05) is 0 Å². The zero-order valence-electron chi connectivity index (χ0n) is 9.80. The Hall–Kier alpha value is -0.910. The largest absolute Gasteiger partial charge is 0.328 e. The van der Waals surface area contributed by atoms with Crippen LogP contribution in [0.2, 0.25) is 0 Å². The van der Waals surface area contributed by atoms with Crippen LogP contribution in [0.1, 0.15) is 24.8 Å². The minimum atomic E-state index is -3.64. The summed E-state index contributed by atoms with van der Waals surface area (Å²) >= 11 is 0. The van der Waals surface area contributed by atoms with Crippen molar-refractivity contribution in [2.45, 2.75) is 43.2 Å². The number of rotatable bonds is 3. The second-order valence-electron chi connectivity index (χ2n) is 4.56. The Bertz CT molecular complexity index is 481. The molecule has 0 radical (unpaired) electrons. The van der Waals surface area contributed by atoms with Gasteiger partial charge in [0, 0.05) is 6.04 Å². The Morgan fingerprint density at radius 2 is 1.88 bits per heavy atom. The molecule has 1 aliphatic carbocycles. The summed E-state index contributed by atoms with van der Waals surface area (Å²) in [5.41, 5.74) is 6.75. The number of aryl methyl sites for hydroxylation is 1. The molecule has 94 valence electrons. The van der Waals surface area contributed by atoms with Crippen LogP contribution in [0.25, 0.3) is 0 Å². The van der Waals surface area contributed by atoms with Gasteiger partial charge in [-0.05, 0) is 38.3 Å². The van der Waals surface area contributed by atoms with Gasteiger partial charge in [-0.3, -0.25) is 4.18 Å².